The fourth-order valence-corrected chi connectivity index (χ4v) is 3.21. The molecule has 0 saturated carbocycles. The smallest absolute Gasteiger partial charge is 0.265 e. The lowest BCUT2D eigenvalue weighted by Crippen LogP contribution is -2.40. The Morgan fingerprint density at radius 2 is 1.80 bits per heavy atom. The first-order chi connectivity index (χ1) is 9.51. The van der Waals surface area contributed by atoms with Gasteiger partial charge in [-0.05, 0) is 36.5 Å². The van der Waals surface area contributed by atoms with Gasteiger partial charge < -0.3 is 10.6 Å². The van der Waals surface area contributed by atoms with E-state index >= 15 is 0 Å². The van der Waals surface area contributed by atoms with Crippen LogP contribution in [0.2, 0.25) is 0 Å². The van der Waals surface area contributed by atoms with Crippen molar-refractivity contribution in [2.45, 2.75) is 46.0 Å². The minimum absolute atomic E-state index is 0.0606. The van der Waals surface area contributed by atoms with Crippen molar-refractivity contribution in [2.75, 3.05) is 23.7 Å². The van der Waals surface area contributed by atoms with Crippen molar-refractivity contribution in [1.82, 2.24) is 0 Å². The molecule has 1 saturated heterocycles. The summed E-state index contributed by atoms with van der Waals surface area (Å²) in [4.78, 5) is 2.09. The molecule has 0 bridgehead atoms. The van der Waals surface area contributed by atoms with Crippen LogP contribution in [0.25, 0.3) is 0 Å². The summed E-state index contributed by atoms with van der Waals surface area (Å²) in [5, 5.41) is 0. The Labute approximate surface area is 120 Å². The van der Waals surface area contributed by atoms with Gasteiger partial charge in [0.25, 0.3) is 6.43 Å². The Morgan fingerprint density at radius 3 is 2.30 bits per heavy atom. The highest BCUT2D eigenvalue weighted by Crippen LogP contribution is 2.41. The molecule has 1 aromatic rings. The van der Waals surface area contributed by atoms with Gasteiger partial charge in [0.05, 0.1) is 0 Å². The molecular weight excluding hydrogens is 258 g/mol. The first-order valence-electron chi connectivity index (χ1n) is 7.44. The van der Waals surface area contributed by atoms with E-state index in [9.17, 15) is 8.78 Å². The standard InChI is InChI=1S/C16H24F2N2/c1-3-16(4-2)7-9-20(10-8-16)14-6-5-12(19)11-13(14)15(17)18/h5-6,11,15H,3-4,7-10,19H2,1-2H3. The van der Waals surface area contributed by atoms with Crippen LogP contribution in [-0.4, -0.2) is 13.1 Å². The number of hydrogen-bond donors (Lipinski definition) is 1. The summed E-state index contributed by atoms with van der Waals surface area (Å²) in [5.41, 5.74) is 7.14. The molecule has 0 atom stereocenters. The number of nitrogen functional groups attached to an aromatic ring is 1. The number of piperidine rings is 1. The van der Waals surface area contributed by atoms with Gasteiger partial charge in [-0.1, -0.05) is 26.7 Å². The number of alkyl halides is 2. The van der Waals surface area contributed by atoms with Gasteiger partial charge in [-0.3, -0.25) is 0 Å². The van der Waals surface area contributed by atoms with Crippen molar-refractivity contribution < 1.29 is 8.78 Å². The van der Waals surface area contributed by atoms with Crippen LogP contribution in [0.1, 0.15) is 51.5 Å². The van der Waals surface area contributed by atoms with Crippen molar-refractivity contribution in [1.29, 1.82) is 0 Å². The zero-order valence-corrected chi connectivity index (χ0v) is 12.3. The molecular formula is C16H24F2N2. The van der Waals surface area contributed by atoms with Gasteiger partial charge in [0, 0.05) is 30.0 Å². The quantitative estimate of drug-likeness (QED) is 0.817. The summed E-state index contributed by atoms with van der Waals surface area (Å²) in [6.45, 7) is 6.16. The number of benzene rings is 1. The molecule has 0 radical (unpaired) electrons. The van der Waals surface area contributed by atoms with Gasteiger partial charge in [0.1, 0.15) is 0 Å². The summed E-state index contributed by atoms with van der Waals surface area (Å²) in [5.74, 6) is 0. The number of hydrogen-bond acceptors (Lipinski definition) is 2. The summed E-state index contributed by atoms with van der Waals surface area (Å²) in [6, 6.07) is 4.85. The molecule has 0 unspecified atom stereocenters. The van der Waals surface area contributed by atoms with Crippen molar-refractivity contribution in [3.05, 3.63) is 23.8 Å². The minimum Gasteiger partial charge on any atom is -0.399 e. The van der Waals surface area contributed by atoms with Crippen molar-refractivity contribution in [3.8, 4) is 0 Å². The van der Waals surface area contributed by atoms with E-state index in [1.165, 1.54) is 18.9 Å². The van der Waals surface area contributed by atoms with Crippen LogP contribution in [0.4, 0.5) is 20.2 Å². The number of nitrogens with two attached hydrogens (primary N) is 1. The second-order valence-electron chi connectivity index (χ2n) is 5.81. The molecule has 1 aromatic carbocycles. The van der Waals surface area contributed by atoms with Crippen LogP contribution >= 0.6 is 0 Å². The third kappa shape index (κ3) is 2.89. The van der Waals surface area contributed by atoms with Crippen LogP contribution in [-0.2, 0) is 0 Å². The van der Waals surface area contributed by atoms with E-state index in [2.05, 4.69) is 18.7 Å². The molecule has 1 heterocycles. The molecule has 1 aliphatic rings. The Kier molecular flexibility index (Phi) is 4.51. The van der Waals surface area contributed by atoms with E-state index in [1.807, 2.05) is 0 Å². The zero-order chi connectivity index (χ0) is 14.8. The molecule has 0 spiro atoms. The fourth-order valence-electron chi connectivity index (χ4n) is 3.21. The third-order valence-electron chi connectivity index (χ3n) is 4.95. The maximum absolute atomic E-state index is 13.2. The lowest BCUT2D eigenvalue weighted by atomic mass is 9.74. The molecule has 112 valence electrons. The van der Waals surface area contributed by atoms with E-state index in [-0.39, 0.29) is 5.56 Å². The molecule has 2 nitrogen and oxygen atoms in total. The van der Waals surface area contributed by atoms with Crippen LogP contribution < -0.4 is 10.6 Å². The maximum atomic E-state index is 13.2. The van der Waals surface area contributed by atoms with Gasteiger partial charge in [-0.25, -0.2) is 8.78 Å². The van der Waals surface area contributed by atoms with E-state index in [1.54, 1.807) is 12.1 Å². The Hall–Kier alpha value is -1.32. The first kappa shape index (κ1) is 15.1. The third-order valence-corrected chi connectivity index (χ3v) is 4.95. The highest BCUT2D eigenvalue weighted by Gasteiger charge is 2.32. The number of anilines is 2. The summed E-state index contributed by atoms with van der Waals surface area (Å²) < 4.78 is 26.3. The largest absolute Gasteiger partial charge is 0.399 e. The Balaban J connectivity index is 2.18. The van der Waals surface area contributed by atoms with E-state index < -0.39 is 6.43 Å². The van der Waals surface area contributed by atoms with Gasteiger partial charge in [-0.2, -0.15) is 0 Å². The molecule has 0 aliphatic carbocycles. The SMILES string of the molecule is CCC1(CC)CCN(c2ccc(N)cc2C(F)F)CC1. The molecule has 0 amide bonds. The molecule has 20 heavy (non-hydrogen) atoms. The van der Waals surface area contributed by atoms with Gasteiger partial charge >= 0.3 is 0 Å². The topological polar surface area (TPSA) is 29.3 Å². The highest BCUT2D eigenvalue weighted by molar-refractivity contribution is 5.60. The van der Waals surface area contributed by atoms with E-state index in [0.717, 1.165) is 25.9 Å². The predicted molar refractivity (Wildman–Crippen MR) is 80.3 cm³/mol. The average Bonchev–Trinajstić information content (AvgIpc) is 2.47. The number of nitrogens with zero attached hydrogens (tertiary/aromatic N) is 1. The monoisotopic (exact) mass is 282 g/mol. The van der Waals surface area contributed by atoms with Crippen molar-refractivity contribution in [2.24, 2.45) is 5.41 Å². The lowest BCUT2D eigenvalue weighted by molar-refractivity contribution is 0.151. The fraction of sp³-hybridized carbons (Fsp3) is 0.625. The second-order valence-corrected chi connectivity index (χ2v) is 5.81. The minimum atomic E-state index is -2.47. The van der Waals surface area contributed by atoms with Crippen LogP contribution in [0, 0.1) is 5.41 Å². The predicted octanol–water partition coefficient (Wildman–Crippen LogP) is 4.61. The van der Waals surface area contributed by atoms with Gasteiger partial charge in [-0.15, -0.1) is 0 Å². The summed E-state index contributed by atoms with van der Waals surface area (Å²) >= 11 is 0. The molecule has 1 aliphatic heterocycles. The molecule has 2 rings (SSSR count). The number of rotatable bonds is 4. The molecule has 1 fully saturated rings. The molecule has 0 aromatic heterocycles. The maximum Gasteiger partial charge on any atom is 0.265 e. The van der Waals surface area contributed by atoms with Crippen molar-refractivity contribution in [3.63, 3.8) is 0 Å². The lowest BCUT2D eigenvalue weighted by Gasteiger charge is -2.42. The highest BCUT2D eigenvalue weighted by atomic mass is 19.3. The summed E-state index contributed by atoms with van der Waals surface area (Å²) in [7, 11) is 0. The zero-order valence-electron chi connectivity index (χ0n) is 12.3. The second kappa shape index (κ2) is 5.98. The first-order valence-corrected chi connectivity index (χ1v) is 7.44. The van der Waals surface area contributed by atoms with Crippen LogP contribution in [0.3, 0.4) is 0 Å². The molecule has 4 heteroatoms. The van der Waals surface area contributed by atoms with Crippen LogP contribution in [0.15, 0.2) is 18.2 Å². The van der Waals surface area contributed by atoms with Gasteiger partial charge in [0.15, 0.2) is 0 Å². The van der Waals surface area contributed by atoms with E-state index in [4.69, 9.17) is 5.73 Å². The van der Waals surface area contributed by atoms with Crippen molar-refractivity contribution >= 4 is 11.4 Å². The molecule has 2 N–H and O–H groups in total. The van der Waals surface area contributed by atoms with Gasteiger partial charge in [0.2, 0.25) is 0 Å². The Bertz CT molecular complexity index is 446. The normalized spacial score (nSPS) is 18.6. The van der Waals surface area contributed by atoms with Crippen LogP contribution in [0.5, 0.6) is 0 Å². The van der Waals surface area contributed by atoms with E-state index in [0.29, 0.717) is 16.8 Å². The number of halogens is 2. The average molecular weight is 282 g/mol. The summed E-state index contributed by atoms with van der Waals surface area (Å²) in [6.07, 6.45) is 2.01. The Morgan fingerprint density at radius 1 is 1.20 bits per heavy atom.